The standard InChI is InChI=1S/C9H15NO2/c1-6(2)7-9(8(11)10-7)4-3-5-12-9/h6-7H,3-5H2,1-2H3,(H,10,11)/t7-,9-/m1/s1. The van der Waals surface area contributed by atoms with Crippen molar-refractivity contribution in [2.45, 2.75) is 38.3 Å². The molecule has 1 amide bonds. The third-order valence-corrected chi connectivity index (χ3v) is 2.89. The van der Waals surface area contributed by atoms with Crippen LogP contribution in [0.25, 0.3) is 0 Å². The van der Waals surface area contributed by atoms with E-state index in [-0.39, 0.29) is 11.9 Å². The average molecular weight is 169 g/mol. The number of ether oxygens (including phenoxy) is 1. The van der Waals surface area contributed by atoms with Gasteiger partial charge in [0.1, 0.15) is 0 Å². The van der Waals surface area contributed by atoms with Crippen LogP contribution in [0.2, 0.25) is 0 Å². The van der Waals surface area contributed by atoms with Gasteiger partial charge < -0.3 is 10.1 Å². The SMILES string of the molecule is CC(C)[C@H]1NC(=O)[C@@]12CCCO2. The fourth-order valence-electron chi connectivity index (χ4n) is 2.23. The molecule has 12 heavy (non-hydrogen) atoms. The van der Waals surface area contributed by atoms with Crippen LogP contribution in [0.5, 0.6) is 0 Å². The quantitative estimate of drug-likeness (QED) is 0.586. The van der Waals surface area contributed by atoms with E-state index in [4.69, 9.17) is 4.74 Å². The first-order valence-electron chi connectivity index (χ1n) is 4.62. The molecule has 2 fully saturated rings. The molecule has 0 bridgehead atoms. The van der Waals surface area contributed by atoms with Gasteiger partial charge in [0.15, 0.2) is 5.60 Å². The Kier molecular flexibility index (Phi) is 1.65. The highest BCUT2D eigenvalue weighted by Crippen LogP contribution is 2.38. The molecule has 3 nitrogen and oxygen atoms in total. The topological polar surface area (TPSA) is 38.3 Å². The molecule has 0 saturated carbocycles. The molecular weight excluding hydrogens is 154 g/mol. The Morgan fingerprint density at radius 1 is 1.67 bits per heavy atom. The van der Waals surface area contributed by atoms with Gasteiger partial charge in [-0.2, -0.15) is 0 Å². The van der Waals surface area contributed by atoms with Crippen molar-refractivity contribution in [3.05, 3.63) is 0 Å². The predicted molar refractivity (Wildman–Crippen MR) is 44.7 cm³/mol. The molecule has 2 heterocycles. The molecule has 1 spiro atoms. The maximum absolute atomic E-state index is 11.3. The third-order valence-electron chi connectivity index (χ3n) is 2.89. The van der Waals surface area contributed by atoms with Gasteiger partial charge >= 0.3 is 0 Å². The van der Waals surface area contributed by atoms with Crippen molar-refractivity contribution in [1.82, 2.24) is 5.32 Å². The van der Waals surface area contributed by atoms with Gasteiger partial charge in [-0.25, -0.2) is 0 Å². The number of hydrogen-bond donors (Lipinski definition) is 1. The third kappa shape index (κ3) is 0.829. The summed E-state index contributed by atoms with van der Waals surface area (Å²) in [4.78, 5) is 11.3. The summed E-state index contributed by atoms with van der Waals surface area (Å²) in [7, 11) is 0. The summed E-state index contributed by atoms with van der Waals surface area (Å²) in [6, 6.07) is 0.243. The normalized spacial score (nSPS) is 40.2. The second-order valence-corrected chi connectivity index (χ2v) is 4.04. The first-order chi connectivity index (χ1) is 5.67. The minimum atomic E-state index is -0.436. The van der Waals surface area contributed by atoms with Gasteiger partial charge in [-0.3, -0.25) is 4.79 Å². The van der Waals surface area contributed by atoms with E-state index in [1.807, 2.05) is 0 Å². The van der Waals surface area contributed by atoms with Gasteiger partial charge in [-0.1, -0.05) is 13.8 Å². The van der Waals surface area contributed by atoms with Crippen LogP contribution in [-0.4, -0.2) is 24.2 Å². The van der Waals surface area contributed by atoms with Crippen LogP contribution >= 0.6 is 0 Å². The maximum atomic E-state index is 11.3. The van der Waals surface area contributed by atoms with E-state index in [1.165, 1.54) is 0 Å². The fourth-order valence-corrected chi connectivity index (χ4v) is 2.23. The lowest BCUT2D eigenvalue weighted by Crippen LogP contribution is -2.73. The van der Waals surface area contributed by atoms with E-state index in [2.05, 4.69) is 19.2 Å². The van der Waals surface area contributed by atoms with Crippen LogP contribution in [0.1, 0.15) is 26.7 Å². The summed E-state index contributed by atoms with van der Waals surface area (Å²) in [5.41, 5.74) is -0.436. The van der Waals surface area contributed by atoms with Crippen LogP contribution in [0.3, 0.4) is 0 Å². The van der Waals surface area contributed by atoms with Crippen LogP contribution in [0.15, 0.2) is 0 Å². The number of hydrogen-bond acceptors (Lipinski definition) is 2. The van der Waals surface area contributed by atoms with E-state index in [1.54, 1.807) is 0 Å². The van der Waals surface area contributed by atoms with Gasteiger partial charge in [0.2, 0.25) is 0 Å². The molecule has 2 atom stereocenters. The summed E-state index contributed by atoms with van der Waals surface area (Å²) in [6.45, 7) is 4.98. The largest absolute Gasteiger partial charge is 0.363 e. The average Bonchev–Trinajstić information content (AvgIpc) is 2.49. The Morgan fingerprint density at radius 3 is 2.83 bits per heavy atom. The number of amides is 1. The van der Waals surface area contributed by atoms with Crippen molar-refractivity contribution < 1.29 is 9.53 Å². The fraction of sp³-hybridized carbons (Fsp3) is 0.889. The number of carbonyl (C=O) groups is 1. The molecule has 0 radical (unpaired) electrons. The van der Waals surface area contributed by atoms with E-state index >= 15 is 0 Å². The molecule has 0 aromatic rings. The molecule has 3 heteroatoms. The molecule has 2 saturated heterocycles. The van der Waals surface area contributed by atoms with Gasteiger partial charge in [-0.05, 0) is 18.8 Å². The van der Waals surface area contributed by atoms with Gasteiger partial charge in [0.25, 0.3) is 5.91 Å². The second-order valence-electron chi connectivity index (χ2n) is 4.04. The monoisotopic (exact) mass is 169 g/mol. The minimum absolute atomic E-state index is 0.0960. The lowest BCUT2D eigenvalue weighted by atomic mass is 9.76. The molecule has 0 aliphatic carbocycles. The summed E-state index contributed by atoms with van der Waals surface area (Å²) in [6.07, 6.45) is 1.93. The molecule has 2 rings (SSSR count). The van der Waals surface area contributed by atoms with E-state index in [0.717, 1.165) is 19.4 Å². The maximum Gasteiger partial charge on any atom is 0.254 e. The van der Waals surface area contributed by atoms with Crippen molar-refractivity contribution in [3.8, 4) is 0 Å². The molecule has 2 aliphatic rings. The van der Waals surface area contributed by atoms with Gasteiger partial charge in [-0.15, -0.1) is 0 Å². The molecular formula is C9H15NO2. The number of carbonyl (C=O) groups excluding carboxylic acids is 1. The smallest absolute Gasteiger partial charge is 0.254 e. The van der Waals surface area contributed by atoms with Crippen molar-refractivity contribution in [2.75, 3.05) is 6.61 Å². The molecule has 0 aromatic carbocycles. The van der Waals surface area contributed by atoms with Gasteiger partial charge in [0, 0.05) is 6.61 Å². The Hall–Kier alpha value is -0.570. The lowest BCUT2D eigenvalue weighted by Gasteiger charge is -2.47. The summed E-state index contributed by atoms with van der Waals surface area (Å²) >= 11 is 0. The highest BCUT2D eigenvalue weighted by molar-refractivity contribution is 5.93. The zero-order chi connectivity index (χ0) is 8.77. The first-order valence-corrected chi connectivity index (χ1v) is 4.62. The molecule has 2 aliphatic heterocycles. The zero-order valence-corrected chi connectivity index (χ0v) is 7.59. The summed E-state index contributed by atoms with van der Waals surface area (Å²) in [5.74, 6) is 0.569. The van der Waals surface area contributed by atoms with E-state index in [9.17, 15) is 4.79 Å². The van der Waals surface area contributed by atoms with Crippen molar-refractivity contribution in [3.63, 3.8) is 0 Å². The van der Waals surface area contributed by atoms with Crippen molar-refractivity contribution in [1.29, 1.82) is 0 Å². The van der Waals surface area contributed by atoms with E-state index < -0.39 is 5.60 Å². The summed E-state index contributed by atoms with van der Waals surface area (Å²) in [5, 5.41) is 2.91. The van der Waals surface area contributed by atoms with Crippen LogP contribution < -0.4 is 5.32 Å². The molecule has 68 valence electrons. The Balaban J connectivity index is 2.15. The highest BCUT2D eigenvalue weighted by Gasteiger charge is 2.58. The first kappa shape index (κ1) is 8.05. The Bertz CT molecular complexity index is 207. The van der Waals surface area contributed by atoms with Crippen LogP contribution in [0, 0.1) is 5.92 Å². The predicted octanol–water partition coefficient (Wildman–Crippen LogP) is 0.690. The van der Waals surface area contributed by atoms with Gasteiger partial charge in [0.05, 0.1) is 6.04 Å². The number of nitrogens with one attached hydrogen (secondary N) is 1. The molecule has 0 unspecified atom stereocenters. The molecule has 1 N–H and O–H groups in total. The lowest BCUT2D eigenvalue weighted by molar-refractivity contribution is -0.166. The van der Waals surface area contributed by atoms with Crippen molar-refractivity contribution in [2.24, 2.45) is 5.92 Å². The molecule has 0 aromatic heterocycles. The minimum Gasteiger partial charge on any atom is -0.363 e. The zero-order valence-electron chi connectivity index (χ0n) is 7.59. The Morgan fingerprint density at radius 2 is 2.42 bits per heavy atom. The number of β-lactam (4-membered cyclic amide) rings is 1. The Labute approximate surface area is 72.5 Å². The van der Waals surface area contributed by atoms with E-state index in [0.29, 0.717) is 5.92 Å². The summed E-state index contributed by atoms with van der Waals surface area (Å²) < 4.78 is 5.55. The highest BCUT2D eigenvalue weighted by atomic mass is 16.5. The van der Waals surface area contributed by atoms with Crippen molar-refractivity contribution >= 4 is 5.91 Å². The second kappa shape index (κ2) is 2.46. The van der Waals surface area contributed by atoms with Crippen LogP contribution in [-0.2, 0) is 9.53 Å². The van der Waals surface area contributed by atoms with Crippen LogP contribution in [0.4, 0.5) is 0 Å². The number of rotatable bonds is 1.